The molecular formula is C13H17N5O3. The zero-order valence-electron chi connectivity index (χ0n) is 11.7. The van der Waals surface area contributed by atoms with Crippen LogP contribution in [0.3, 0.4) is 0 Å². The molecule has 1 atom stereocenters. The van der Waals surface area contributed by atoms with E-state index in [1.54, 1.807) is 0 Å². The fraction of sp³-hybridized carbons (Fsp3) is 0.462. The molecule has 0 radical (unpaired) electrons. The summed E-state index contributed by atoms with van der Waals surface area (Å²) in [6, 6.07) is 5.13. The molecule has 1 aromatic carbocycles. The first-order valence-electron chi connectivity index (χ1n) is 6.64. The molecule has 1 N–H and O–H groups in total. The van der Waals surface area contributed by atoms with Crippen LogP contribution in [0.25, 0.3) is 10.4 Å². The number of benzene rings is 1. The summed E-state index contributed by atoms with van der Waals surface area (Å²) in [5.41, 5.74) is 8.63. The zero-order valence-corrected chi connectivity index (χ0v) is 11.7. The average molecular weight is 291 g/mol. The first-order valence-corrected chi connectivity index (χ1v) is 6.64. The number of hydrogen-bond donors (Lipinski definition) is 1. The third kappa shape index (κ3) is 5.50. The second kappa shape index (κ2) is 8.55. The Labute approximate surface area is 121 Å². The Morgan fingerprint density at radius 3 is 2.67 bits per heavy atom. The van der Waals surface area contributed by atoms with Gasteiger partial charge in [-0.2, -0.15) is 0 Å². The third-order valence-corrected chi connectivity index (χ3v) is 2.95. The molecular weight excluding hydrogens is 274 g/mol. The number of azide groups is 1. The lowest BCUT2D eigenvalue weighted by Crippen LogP contribution is -2.36. The molecule has 0 aliphatic carbocycles. The van der Waals surface area contributed by atoms with Gasteiger partial charge in [-0.05, 0) is 24.1 Å². The fourth-order valence-electron chi connectivity index (χ4n) is 1.80. The van der Waals surface area contributed by atoms with Crippen molar-refractivity contribution in [3.05, 3.63) is 50.4 Å². The average Bonchev–Trinajstić information content (AvgIpc) is 2.49. The van der Waals surface area contributed by atoms with E-state index in [1.807, 2.05) is 6.92 Å². The van der Waals surface area contributed by atoms with Crippen molar-refractivity contribution in [2.75, 3.05) is 6.54 Å². The predicted molar refractivity (Wildman–Crippen MR) is 77.9 cm³/mol. The van der Waals surface area contributed by atoms with Crippen molar-refractivity contribution in [1.82, 2.24) is 5.32 Å². The molecule has 0 heterocycles. The Kier molecular flexibility index (Phi) is 6.70. The van der Waals surface area contributed by atoms with E-state index in [4.69, 9.17) is 5.53 Å². The van der Waals surface area contributed by atoms with E-state index in [0.29, 0.717) is 12.0 Å². The highest BCUT2D eigenvalue weighted by Gasteiger charge is 2.14. The minimum absolute atomic E-state index is 0.0665. The summed E-state index contributed by atoms with van der Waals surface area (Å²) in [6.45, 7) is 2.22. The maximum Gasteiger partial charge on any atom is 0.269 e. The lowest BCUT2D eigenvalue weighted by molar-refractivity contribution is -0.384. The number of unbranched alkanes of at least 4 members (excludes halogenated alkanes) is 1. The van der Waals surface area contributed by atoms with Gasteiger partial charge >= 0.3 is 0 Å². The summed E-state index contributed by atoms with van der Waals surface area (Å²) in [5, 5.41) is 16.8. The van der Waals surface area contributed by atoms with Gasteiger partial charge in [-0.1, -0.05) is 24.9 Å². The first kappa shape index (κ1) is 16.5. The standard InChI is InChI=1S/C13H17N5O3/c1-2-3-4-11(9-15-17-14)16-13(19)10-5-7-12(8-6-10)18(20)21/h5-8,11H,2-4,9H2,1H3,(H,16,19)/t11-/m1/s1. The van der Waals surface area contributed by atoms with E-state index < -0.39 is 4.92 Å². The van der Waals surface area contributed by atoms with Crippen LogP contribution in [0.1, 0.15) is 36.5 Å². The van der Waals surface area contributed by atoms with Crippen molar-refractivity contribution in [2.24, 2.45) is 5.11 Å². The number of amides is 1. The molecule has 8 nitrogen and oxygen atoms in total. The van der Waals surface area contributed by atoms with Gasteiger partial charge in [-0.25, -0.2) is 0 Å². The van der Waals surface area contributed by atoms with Gasteiger partial charge in [-0.15, -0.1) is 0 Å². The number of non-ortho nitro benzene ring substituents is 1. The van der Waals surface area contributed by atoms with Crippen LogP contribution < -0.4 is 5.32 Å². The molecule has 0 spiro atoms. The van der Waals surface area contributed by atoms with Crippen LogP contribution in [0, 0.1) is 10.1 Å². The highest BCUT2D eigenvalue weighted by atomic mass is 16.6. The molecule has 0 aliphatic rings. The molecule has 0 unspecified atom stereocenters. The van der Waals surface area contributed by atoms with Crippen molar-refractivity contribution in [3.8, 4) is 0 Å². The summed E-state index contributed by atoms with van der Waals surface area (Å²) in [4.78, 5) is 24.8. The molecule has 0 aromatic heterocycles. The van der Waals surface area contributed by atoms with Gasteiger partial charge in [-0.3, -0.25) is 14.9 Å². The maximum atomic E-state index is 12.0. The van der Waals surface area contributed by atoms with Crippen LogP contribution in [-0.2, 0) is 0 Å². The van der Waals surface area contributed by atoms with Crippen LogP contribution in [0.5, 0.6) is 0 Å². The molecule has 1 amide bonds. The molecule has 112 valence electrons. The largest absolute Gasteiger partial charge is 0.349 e. The third-order valence-electron chi connectivity index (χ3n) is 2.95. The Hall–Kier alpha value is -2.60. The molecule has 0 fully saturated rings. The van der Waals surface area contributed by atoms with E-state index in [-0.39, 0.29) is 24.2 Å². The van der Waals surface area contributed by atoms with Crippen molar-refractivity contribution in [1.29, 1.82) is 0 Å². The topological polar surface area (TPSA) is 121 Å². The number of nitrogens with one attached hydrogen (secondary N) is 1. The maximum absolute atomic E-state index is 12.0. The minimum atomic E-state index is -0.520. The van der Waals surface area contributed by atoms with Gasteiger partial charge < -0.3 is 5.32 Å². The van der Waals surface area contributed by atoms with E-state index in [1.165, 1.54) is 24.3 Å². The smallest absolute Gasteiger partial charge is 0.269 e. The SMILES string of the molecule is CCCC[C@H](CN=[N+]=[N-])NC(=O)c1ccc([N+](=O)[O-])cc1. The van der Waals surface area contributed by atoms with Crippen LogP contribution >= 0.6 is 0 Å². The summed E-state index contributed by atoms with van der Waals surface area (Å²) < 4.78 is 0. The monoisotopic (exact) mass is 291 g/mol. The van der Waals surface area contributed by atoms with Crippen molar-refractivity contribution in [2.45, 2.75) is 32.2 Å². The molecule has 21 heavy (non-hydrogen) atoms. The number of nitro groups is 1. The summed E-state index contributed by atoms with van der Waals surface area (Å²) in [5.74, 6) is -0.334. The fourth-order valence-corrected chi connectivity index (χ4v) is 1.80. The summed E-state index contributed by atoms with van der Waals surface area (Å²) in [7, 11) is 0. The van der Waals surface area contributed by atoms with Crippen LogP contribution in [0.15, 0.2) is 29.4 Å². The summed E-state index contributed by atoms with van der Waals surface area (Å²) in [6.07, 6.45) is 2.60. The normalized spacial score (nSPS) is 11.3. The summed E-state index contributed by atoms with van der Waals surface area (Å²) >= 11 is 0. The second-order valence-corrected chi connectivity index (χ2v) is 4.53. The number of rotatable bonds is 8. The molecule has 0 saturated heterocycles. The number of nitrogens with zero attached hydrogens (tertiary/aromatic N) is 4. The number of hydrogen-bond acceptors (Lipinski definition) is 4. The van der Waals surface area contributed by atoms with Gasteiger partial charge in [0.05, 0.1) is 4.92 Å². The van der Waals surface area contributed by atoms with Crippen molar-refractivity contribution in [3.63, 3.8) is 0 Å². The Bertz CT molecular complexity index is 537. The molecule has 1 aromatic rings. The minimum Gasteiger partial charge on any atom is -0.349 e. The first-order chi connectivity index (χ1) is 10.1. The van der Waals surface area contributed by atoms with E-state index in [2.05, 4.69) is 15.3 Å². The molecule has 0 aliphatic heterocycles. The quantitative estimate of drug-likeness (QED) is 0.260. The molecule has 0 bridgehead atoms. The van der Waals surface area contributed by atoms with E-state index in [0.717, 1.165) is 12.8 Å². The highest BCUT2D eigenvalue weighted by molar-refractivity contribution is 5.94. The van der Waals surface area contributed by atoms with E-state index in [9.17, 15) is 14.9 Å². The molecule has 8 heteroatoms. The molecule has 1 rings (SSSR count). The van der Waals surface area contributed by atoms with E-state index >= 15 is 0 Å². The van der Waals surface area contributed by atoms with Crippen LogP contribution in [-0.4, -0.2) is 23.4 Å². The van der Waals surface area contributed by atoms with Crippen molar-refractivity contribution >= 4 is 11.6 Å². The van der Waals surface area contributed by atoms with Gasteiger partial charge in [0.1, 0.15) is 0 Å². The van der Waals surface area contributed by atoms with Crippen molar-refractivity contribution < 1.29 is 9.72 Å². The van der Waals surface area contributed by atoms with Crippen LogP contribution in [0.2, 0.25) is 0 Å². The zero-order chi connectivity index (χ0) is 15.7. The predicted octanol–water partition coefficient (Wildman–Crippen LogP) is 3.19. The Morgan fingerprint density at radius 1 is 1.48 bits per heavy atom. The van der Waals surface area contributed by atoms with Gasteiger partial charge in [0, 0.05) is 35.2 Å². The lowest BCUT2D eigenvalue weighted by Gasteiger charge is -2.16. The van der Waals surface area contributed by atoms with Gasteiger partial charge in [0.25, 0.3) is 11.6 Å². The highest BCUT2D eigenvalue weighted by Crippen LogP contribution is 2.12. The molecule has 0 saturated carbocycles. The van der Waals surface area contributed by atoms with Crippen LogP contribution in [0.4, 0.5) is 5.69 Å². The number of carbonyl (C=O) groups is 1. The number of nitro benzene ring substituents is 1. The second-order valence-electron chi connectivity index (χ2n) is 4.53. The number of carbonyl (C=O) groups excluding carboxylic acids is 1. The van der Waals surface area contributed by atoms with Gasteiger partial charge in [0.2, 0.25) is 0 Å². The Morgan fingerprint density at radius 2 is 2.14 bits per heavy atom. The Balaban J connectivity index is 2.70. The van der Waals surface area contributed by atoms with Gasteiger partial charge in [0.15, 0.2) is 0 Å². The lowest BCUT2D eigenvalue weighted by atomic mass is 10.1.